The van der Waals surface area contributed by atoms with Gasteiger partial charge in [0.15, 0.2) is 0 Å². The van der Waals surface area contributed by atoms with Crippen LogP contribution >= 0.6 is 0 Å². The maximum atomic E-state index is 14.3. The SMILES string of the molecule is COc1ccc(C(c2ccc(F)cc2)C(c2ccccc2)C(F)(F)F)c(OC)c1. The smallest absolute Gasteiger partial charge is 0.396 e. The highest BCUT2D eigenvalue weighted by Crippen LogP contribution is 2.50. The van der Waals surface area contributed by atoms with E-state index in [0.29, 0.717) is 16.9 Å². The lowest BCUT2D eigenvalue weighted by atomic mass is 9.76. The second-order valence-corrected chi connectivity index (χ2v) is 6.57. The quantitative estimate of drug-likeness (QED) is 0.448. The average Bonchev–Trinajstić information content (AvgIpc) is 2.72. The van der Waals surface area contributed by atoms with E-state index in [1.807, 2.05) is 0 Å². The van der Waals surface area contributed by atoms with Crippen LogP contribution in [0.25, 0.3) is 0 Å². The standard InChI is InChI=1S/C23H20F4O2/c1-28-18-12-13-19(20(14-18)29-2)21(15-8-10-17(24)11-9-15)22(23(25,26)27)16-6-4-3-5-7-16/h3-14,21-22H,1-2H3. The van der Waals surface area contributed by atoms with Gasteiger partial charge in [0.1, 0.15) is 17.3 Å². The summed E-state index contributed by atoms with van der Waals surface area (Å²) in [5.74, 6) is -2.77. The average molecular weight is 404 g/mol. The first-order chi connectivity index (χ1) is 13.8. The number of hydrogen-bond donors (Lipinski definition) is 0. The highest BCUT2D eigenvalue weighted by atomic mass is 19.4. The highest BCUT2D eigenvalue weighted by molar-refractivity contribution is 5.49. The number of halogens is 4. The number of benzene rings is 3. The molecule has 29 heavy (non-hydrogen) atoms. The van der Waals surface area contributed by atoms with E-state index >= 15 is 0 Å². The van der Waals surface area contributed by atoms with Crippen LogP contribution in [-0.4, -0.2) is 20.4 Å². The first-order valence-corrected chi connectivity index (χ1v) is 8.94. The van der Waals surface area contributed by atoms with Gasteiger partial charge < -0.3 is 9.47 Å². The Bertz CT molecular complexity index is 937. The molecule has 0 bridgehead atoms. The third kappa shape index (κ3) is 4.53. The van der Waals surface area contributed by atoms with Gasteiger partial charge in [0.25, 0.3) is 0 Å². The fourth-order valence-corrected chi connectivity index (χ4v) is 3.53. The number of ether oxygens (including phenoxy) is 2. The summed E-state index contributed by atoms with van der Waals surface area (Å²) in [6, 6.07) is 17.5. The minimum absolute atomic E-state index is 0.118. The number of hydrogen-bond acceptors (Lipinski definition) is 2. The molecule has 3 rings (SSSR count). The van der Waals surface area contributed by atoms with E-state index in [1.165, 1.54) is 38.5 Å². The Labute approximate surface area is 166 Å². The zero-order valence-corrected chi connectivity index (χ0v) is 15.9. The van der Waals surface area contributed by atoms with E-state index in [0.717, 1.165) is 12.1 Å². The molecule has 0 aromatic heterocycles. The summed E-state index contributed by atoms with van der Waals surface area (Å²) in [6.45, 7) is 0. The monoisotopic (exact) mass is 404 g/mol. The summed E-state index contributed by atoms with van der Waals surface area (Å²) in [5, 5.41) is 0. The van der Waals surface area contributed by atoms with Gasteiger partial charge in [-0.3, -0.25) is 0 Å². The van der Waals surface area contributed by atoms with E-state index < -0.39 is 23.8 Å². The first-order valence-electron chi connectivity index (χ1n) is 8.94. The van der Waals surface area contributed by atoms with E-state index in [1.54, 1.807) is 36.4 Å². The fraction of sp³-hybridized carbons (Fsp3) is 0.217. The molecule has 0 fully saturated rings. The van der Waals surface area contributed by atoms with Crippen LogP contribution in [-0.2, 0) is 0 Å². The lowest BCUT2D eigenvalue weighted by Gasteiger charge is -2.31. The molecule has 0 aliphatic heterocycles. The molecule has 3 aromatic carbocycles. The molecule has 3 aromatic rings. The van der Waals surface area contributed by atoms with Crippen LogP contribution in [0.3, 0.4) is 0 Å². The van der Waals surface area contributed by atoms with Crippen LogP contribution in [0.5, 0.6) is 11.5 Å². The molecule has 2 unspecified atom stereocenters. The summed E-state index contributed by atoms with van der Waals surface area (Å²) < 4.78 is 67.1. The van der Waals surface area contributed by atoms with Crippen molar-refractivity contribution in [2.45, 2.75) is 18.0 Å². The van der Waals surface area contributed by atoms with E-state index in [4.69, 9.17) is 9.47 Å². The van der Waals surface area contributed by atoms with Crippen molar-refractivity contribution in [1.82, 2.24) is 0 Å². The van der Waals surface area contributed by atoms with Crippen molar-refractivity contribution in [1.29, 1.82) is 0 Å². The van der Waals surface area contributed by atoms with Crippen LogP contribution in [0, 0.1) is 5.82 Å². The Hall–Kier alpha value is -3.02. The maximum Gasteiger partial charge on any atom is 0.396 e. The summed E-state index contributed by atoms with van der Waals surface area (Å²) in [7, 11) is 2.86. The molecule has 0 aliphatic carbocycles. The van der Waals surface area contributed by atoms with Crippen molar-refractivity contribution in [2.24, 2.45) is 0 Å². The lowest BCUT2D eigenvalue weighted by Crippen LogP contribution is -2.28. The Kier molecular flexibility index (Phi) is 6.11. The topological polar surface area (TPSA) is 18.5 Å². The normalized spacial score (nSPS) is 13.6. The first kappa shape index (κ1) is 20.7. The Morgan fingerprint density at radius 1 is 0.759 bits per heavy atom. The van der Waals surface area contributed by atoms with Gasteiger partial charge in [0.2, 0.25) is 0 Å². The summed E-state index contributed by atoms with van der Waals surface area (Å²) >= 11 is 0. The third-order valence-electron chi connectivity index (χ3n) is 4.85. The molecular weight excluding hydrogens is 384 g/mol. The minimum atomic E-state index is -4.55. The zero-order chi connectivity index (χ0) is 21.0. The van der Waals surface area contributed by atoms with Gasteiger partial charge in [-0.25, -0.2) is 4.39 Å². The van der Waals surface area contributed by atoms with Crippen molar-refractivity contribution in [3.63, 3.8) is 0 Å². The Balaban J connectivity index is 2.27. The molecule has 152 valence electrons. The molecule has 0 radical (unpaired) electrons. The van der Waals surface area contributed by atoms with Gasteiger partial charge in [-0.15, -0.1) is 0 Å². The van der Waals surface area contributed by atoms with Gasteiger partial charge >= 0.3 is 6.18 Å². The predicted molar refractivity (Wildman–Crippen MR) is 103 cm³/mol. The van der Waals surface area contributed by atoms with Crippen LogP contribution in [0.4, 0.5) is 17.6 Å². The maximum absolute atomic E-state index is 14.3. The summed E-state index contributed by atoms with van der Waals surface area (Å²) in [6.07, 6.45) is -4.55. The van der Waals surface area contributed by atoms with Crippen LogP contribution in [0.15, 0.2) is 72.8 Å². The second kappa shape index (κ2) is 8.55. The van der Waals surface area contributed by atoms with Crippen molar-refractivity contribution >= 4 is 0 Å². The molecular formula is C23H20F4O2. The Morgan fingerprint density at radius 3 is 1.97 bits per heavy atom. The van der Waals surface area contributed by atoms with Crippen LogP contribution < -0.4 is 9.47 Å². The van der Waals surface area contributed by atoms with Gasteiger partial charge in [0.05, 0.1) is 20.1 Å². The summed E-state index contributed by atoms with van der Waals surface area (Å²) in [5.41, 5.74) is 0.791. The number of methoxy groups -OCH3 is 2. The largest absolute Gasteiger partial charge is 0.497 e. The fourth-order valence-electron chi connectivity index (χ4n) is 3.53. The molecule has 2 nitrogen and oxygen atoms in total. The van der Waals surface area contributed by atoms with Crippen molar-refractivity contribution in [2.75, 3.05) is 14.2 Å². The molecule has 2 atom stereocenters. The Morgan fingerprint density at radius 2 is 1.41 bits per heavy atom. The summed E-state index contributed by atoms with van der Waals surface area (Å²) in [4.78, 5) is 0. The number of rotatable bonds is 6. The molecule has 0 saturated carbocycles. The number of alkyl halides is 3. The van der Waals surface area contributed by atoms with Gasteiger partial charge in [0, 0.05) is 17.5 Å². The molecule has 6 heteroatoms. The van der Waals surface area contributed by atoms with Gasteiger partial charge in [-0.05, 0) is 29.3 Å². The minimum Gasteiger partial charge on any atom is -0.497 e. The lowest BCUT2D eigenvalue weighted by molar-refractivity contribution is -0.153. The zero-order valence-electron chi connectivity index (χ0n) is 15.9. The van der Waals surface area contributed by atoms with Gasteiger partial charge in [-0.2, -0.15) is 13.2 Å². The van der Waals surface area contributed by atoms with Crippen LogP contribution in [0.1, 0.15) is 28.5 Å². The highest BCUT2D eigenvalue weighted by Gasteiger charge is 2.47. The molecule has 0 aliphatic rings. The second-order valence-electron chi connectivity index (χ2n) is 6.57. The van der Waals surface area contributed by atoms with E-state index in [9.17, 15) is 17.6 Å². The van der Waals surface area contributed by atoms with Crippen LogP contribution in [0.2, 0.25) is 0 Å². The molecule has 0 amide bonds. The molecule has 0 N–H and O–H groups in total. The van der Waals surface area contributed by atoms with Gasteiger partial charge in [-0.1, -0.05) is 48.5 Å². The van der Waals surface area contributed by atoms with Crippen molar-refractivity contribution in [3.05, 3.63) is 95.3 Å². The van der Waals surface area contributed by atoms with Crippen molar-refractivity contribution in [3.8, 4) is 11.5 Å². The molecule has 0 spiro atoms. The van der Waals surface area contributed by atoms with E-state index in [-0.39, 0.29) is 11.3 Å². The van der Waals surface area contributed by atoms with Crippen molar-refractivity contribution < 1.29 is 27.0 Å². The molecule has 0 saturated heterocycles. The molecule has 0 heterocycles. The van der Waals surface area contributed by atoms with E-state index in [2.05, 4.69) is 0 Å². The third-order valence-corrected chi connectivity index (χ3v) is 4.85. The predicted octanol–water partition coefficient (Wildman–Crippen LogP) is 6.32.